The Balaban J connectivity index is 1.53. The number of aromatic hydroxyl groups is 2. The number of allylic oxidation sites excluding steroid dienone is 4. The molecule has 0 saturated heterocycles. The molecule has 0 aliphatic carbocycles. The van der Waals surface area contributed by atoms with Gasteiger partial charge in [-0.25, -0.2) is 10.1 Å². The summed E-state index contributed by atoms with van der Waals surface area (Å²) < 4.78 is 107. The van der Waals surface area contributed by atoms with Crippen LogP contribution in [0.1, 0.15) is 76.8 Å². The molecule has 334 valence electrons. The number of carbonyl (C=O) groups excluding carboxylic acids is 1. The topological polar surface area (TPSA) is 280 Å². The summed E-state index contributed by atoms with van der Waals surface area (Å²) in [6.07, 6.45) is 7.40. The van der Waals surface area contributed by atoms with Crippen molar-refractivity contribution in [1.29, 1.82) is 0 Å². The minimum absolute atomic E-state index is 0.0160. The fraction of sp³-hybridized carbons (Fsp3) is 0.421. The maximum Gasteiger partial charge on any atom is 0.333 e. The van der Waals surface area contributed by atoms with Gasteiger partial charge in [0.05, 0.1) is 33.9 Å². The van der Waals surface area contributed by atoms with E-state index >= 15 is 0 Å². The van der Waals surface area contributed by atoms with Gasteiger partial charge in [-0.3, -0.25) is 13.7 Å². The summed E-state index contributed by atoms with van der Waals surface area (Å²) in [5.74, 6) is -2.62. The zero-order valence-electron chi connectivity index (χ0n) is 33.4. The van der Waals surface area contributed by atoms with Crippen LogP contribution in [0.2, 0.25) is 0 Å². The molecule has 3 aromatic rings. The minimum Gasteiger partial charge on any atom is -0.492 e. The summed E-state index contributed by atoms with van der Waals surface area (Å²) >= 11 is 0.747. The van der Waals surface area contributed by atoms with Crippen LogP contribution in [0.4, 0.5) is 11.4 Å². The van der Waals surface area contributed by atoms with Crippen LogP contribution >= 0.6 is 12.0 Å². The molecule has 2 aliphatic rings. The van der Waals surface area contributed by atoms with E-state index in [1.807, 2.05) is 42.4 Å². The lowest BCUT2D eigenvalue weighted by atomic mass is 9.77. The third-order valence-electron chi connectivity index (χ3n) is 10.7. The van der Waals surface area contributed by atoms with Crippen molar-refractivity contribution < 1.29 is 78.0 Å². The molecule has 6 N–H and O–H groups in total. The van der Waals surface area contributed by atoms with E-state index in [0.717, 1.165) is 17.6 Å². The Hall–Kier alpha value is -4.30. The first-order valence-corrected chi connectivity index (χ1v) is 24.3. The van der Waals surface area contributed by atoms with Crippen molar-refractivity contribution >= 4 is 65.5 Å². The maximum atomic E-state index is 12.5. The molecule has 3 heterocycles. The normalized spacial score (nSPS) is 18.3. The summed E-state index contributed by atoms with van der Waals surface area (Å²) in [4.78, 5) is 19.7. The van der Waals surface area contributed by atoms with Crippen LogP contribution in [0.25, 0.3) is 0 Å². The molecule has 23 heteroatoms. The molecule has 5 rings (SSSR count). The van der Waals surface area contributed by atoms with Crippen LogP contribution in [-0.2, 0) is 55.4 Å². The van der Waals surface area contributed by atoms with Gasteiger partial charge in [-0.05, 0) is 82.0 Å². The first-order chi connectivity index (χ1) is 28.5. The van der Waals surface area contributed by atoms with E-state index in [0.29, 0.717) is 63.7 Å². The van der Waals surface area contributed by atoms with Gasteiger partial charge in [0, 0.05) is 70.9 Å². The molecule has 0 bridgehead atoms. The molecule has 0 spiro atoms. The average Bonchev–Trinajstić information content (AvgIpc) is 3.68. The Morgan fingerprint density at radius 3 is 2.15 bits per heavy atom. The molecule has 1 aromatic heterocycles. The van der Waals surface area contributed by atoms with Crippen molar-refractivity contribution in [2.24, 2.45) is 0 Å². The summed E-state index contributed by atoms with van der Waals surface area (Å²) in [5, 5.41) is 32.3. The Morgan fingerprint density at radius 2 is 1.51 bits per heavy atom. The predicted octanol–water partition coefficient (Wildman–Crippen LogP) is 5.33. The van der Waals surface area contributed by atoms with E-state index in [1.54, 1.807) is 24.3 Å². The molecule has 1 atom stereocenters. The Bertz CT molecular complexity index is 2550. The average molecular weight is 931 g/mol. The molecule has 0 fully saturated rings. The van der Waals surface area contributed by atoms with Crippen molar-refractivity contribution in [2.45, 2.75) is 86.3 Å². The first-order valence-electron chi connectivity index (χ1n) is 18.9. The minimum atomic E-state index is -4.57. The van der Waals surface area contributed by atoms with Gasteiger partial charge >= 0.3 is 5.97 Å². The first kappa shape index (κ1) is 47.7. The Labute approximate surface area is 357 Å². The van der Waals surface area contributed by atoms with Crippen molar-refractivity contribution in [3.63, 3.8) is 0 Å². The number of hydrogen-bond acceptors (Lipinski definition) is 15. The van der Waals surface area contributed by atoms with Crippen LogP contribution in [0.5, 0.6) is 11.8 Å². The smallest absolute Gasteiger partial charge is 0.333 e. The lowest BCUT2D eigenvalue weighted by Gasteiger charge is -2.30. The number of fused-ring (bicyclic) bond motifs is 2. The Kier molecular flexibility index (Phi) is 14.9. The van der Waals surface area contributed by atoms with Crippen LogP contribution in [0, 0.1) is 0 Å². The molecule has 61 heavy (non-hydrogen) atoms. The second-order valence-electron chi connectivity index (χ2n) is 15.3. The molecule has 2 aromatic carbocycles. The molecule has 19 nitrogen and oxygen atoms in total. The zero-order chi connectivity index (χ0) is 45.0. The fourth-order valence-electron chi connectivity index (χ4n) is 7.81. The van der Waals surface area contributed by atoms with Crippen LogP contribution in [-0.4, -0.2) is 100.0 Å². The molecular formula is C38H48N3O16S4+. The largest absolute Gasteiger partial charge is 0.492 e. The number of carbonyl (C=O) groups is 1. The monoisotopic (exact) mass is 930 g/mol. The molecule has 0 saturated carbocycles. The third kappa shape index (κ3) is 11.6. The van der Waals surface area contributed by atoms with E-state index in [1.165, 1.54) is 30.3 Å². The van der Waals surface area contributed by atoms with Gasteiger partial charge in [-0.2, -0.15) is 29.8 Å². The lowest BCUT2D eigenvalue weighted by Crippen LogP contribution is -2.30. The second-order valence-corrected chi connectivity index (χ2v) is 20.6. The number of hydrogen-bond donors (Lipinski definition) is 6. The summed E-state index contributed by atoms with van der Waals surface area (Å²) in [5.41, 5.74) is 2.28. The summed E-state index contributed by atoms with van der Waals surface area (Å²) in [6.45, 7) is 5.93. The highest BCUT2D eigenvalue weighted by molar-refractivity contribution is 7.94. The molecule has 1 unspecified atom stereocenters. The third-order valence-corrected chi connectivity index (χ3v) is 13.7. The number of benzene rings is 2. The van der Waals surface area contributed by atoms with Gasteiger partial charge < -0.3 is 20.0 Å². The van der Waals surface area contributed by atoms with Crippen LogP contribution in [0.15, 0.2) is 82.2 Å². The van der Waals surface area contributed by atoms with Crippen LogP contribution in [0.3, 0.4) is 0 Å². The van der Waals surface area contributed by atoms with E-state index in [-0.39, 0.29) is 37.2 Å². The van der Waals surface area contributed by atoms with Crippen molar-refractivity contribution in [3.8, 4) is 11.8 Å². The van der Waals surface area contributed by atoms with Gasteiger partial charge in [0.25, 0.3) is 30.4 Å². The van der Waals surface area contributed by atoms with Crippen molar-refractivity contribution in [2.75, 3.05) is 29.5 Å². The molecule has 0 radical (unpaired) electrons. The number of nitrogens with zero attached hydrogens (tertiary/aromatic N) is 3. The number of unbranched alkanes of at least 4 members (excludes halogenated alkanes) is 2. The van der Waals surface area contributed by atoms with Gasteiger partial charge in [-0.1, -0.05) is 24.0 Å². The number of anilines is 1. The molecule has 2 aliphatic heterocycles. The fourth-order valence-corrected chi connectivity index (χ4v) is 9.70. The highest BCUT2D eigenvalue weighted by Crippen LogP contribution is 2.52. The van der Waals surface area contributed by atoms with Gasteiger partial charge in [-0.15, -0.1) is 9.06 Å². The second kappa shape index (κ2) is 19.0. The van der Waals surface area contributed by atoms with E-state index in [9.17, 15) is 53.9 Å². The quantitative estimate of drug-likeness (QED) is 0.0197. The van der Waals surface area contributed by atoms with E-state index < -0.39 is 70.4 Å². The summed E-state index contributed by atoms with van der Waals surface area (Å²) in [6, 6.07) is 11.8. The van der Waals surface area contributed by atoms with Crippen molar-refractivity contribution in [1.82, 2.24) is 4.73 Å². The van der Waals surface area contributed by atoms with Gasteiger partial charge in [0.1, 0.15) is 6.54 Å². The predicted molar refractivity (Wildman–Crippen MR) is 223 cm³/mol. The number of rotatable bonds is 21. The highest BCUT2D eigenvalue weighted by atomic mass is 32.2. The Morgan fingerprint density at radius 1 is 0.836 bits per heavy atom. The van der Waals surface area contributed by atoms with Crippen molar-refractivity contribution in [3.05, 3.63) is 83.6 Å². The standard InChI is InChI=1S/C38H47N3O16S4/c1-37(2)28-25-27(61(52,53)54)14-16-30(28)39(20-8-22-59(46,47)48)32(37)10-7-11-33-38(3,19-6-4-5-12-36(44)55-41-34(42)17-18-35(41)43)29-24-26(58-57-56-45)13-15-31(29)40(33)21-9-23-60(49,50)51/h7,10-11,13-18,24-25H,4-6,8-9,12,19-23H2,1-3H3,(H5-,42,43,45,46,47,48,49,50,51,52,53,54)/p+1. The SMILES string of the molecule is CC1(C)C(C=CC=C2N(CCCS(=O)(=O)O)c3ccc(SOOO)cc3C2(C)CCCCCC(=O)On2c(O)ccc2O)=[N+](CCCS(=O)(=O)O)c2ccc(S(=O)(=O)O)cc21. The molecular weight excluding hydrogens is 883 g/mol. The van der Waals surface area contributed by atoms with E-state index in [4.69, 9.17) is 14.4 Å². The van der Waals surface area contributed by atoms with Crippen LogP contribution < -0.4 is 9.74 Å². The highest BCUT2D eigenvalue weighted by Gasteiger charge is 2.46. The number of aromatic nitrogens is 1. The van der Waals surface area contributed by atoms with Gasteiger partial charge in [0.2, 0.25) is 17.4 Å². The van der Waals surface area contributed by atoms with E-state index in [2.05, 4.69) is 5.04 Å². The zero-order valence-corrected chi connectivity index (χ0v) is 36.6. The van der Waals surface area contributed by atoms with Gasteiger partial charge in [0.15, 0.2) is 5.71 Å². The maximum absolute atomic E-state index is 12.5. The molecule has 0 amide bonds. The summed E-state index contributed by atoms with van der Waals surface area (Å²) in [7, 11) is -13.2. The lowest BCUT2D eigenvalue weighted by molar-refractivity contribution is -0.437.